The van der Waals surface area contributed by atoms with Crippen LogP contribution in [0.4, 0.5) is 0 Å². The van der Waals surface area contributed by atoms with Gasteiger partial charge in [-0.2, -0.15) is 0 Å². The van der Waals surface area contributed by atoms with Gasteiger partial charge >= 0.3 is 0 Å². The van der Waals surface area contributed by atoms with Gasteiger partial charge in [0.1, 0.15) is 11.2 Å². The van der Waals surface area contributed by atoms with Crippen LogP contribution in [0.15, 0.2) is 156 Å². The summed E-state index contributed by atoms with van der Waals surface area (Å²) in [6, 6.07) is 46.9. The van der Waals surface area contributed by atoms with Gasteiger partial charge in [-0.3, -0.25) is 0 Å². The van der Waals surface area contributed by atoms with E-state index in [0.29, 0.717) is 17.5 Å². The molecule has 1 aliphatic carbocycles. The average molecular weight is 628 g/mol. The molecule has 2 heterocycles. The largest absolute Gasteiger partial charge is 0.455 e. The second kappa shape index (κ2) is 11.1. The number of benzene rings is 7. The zero-order valence-electron chi connectivity index (χ0n) is 26.6. The maximum Gasteiger partial charge on any atom is 0.164 e. The van der Waals surface area contributed by atoms with Crippen molar-refractivity contribution in [3.63, 3.8) is 0 Å². The van der Waals surface area contributed by atoms with Gasteiger partial charge in [-0.05, 0) is 81.1 Å². The highest BCUT2D eigenvalue weighted by Gasteiger charge is 2.22. The Hall–Kier alpha value is -6.39. The van der Waals surface area contributed by atoms with Crippen LogP contribution in [0.2, 0.25) is 0 Å². The third kappa shape index (κ3) is 4.56. The molecule has 4 heteroatoms. The minimum Gasteiger partial charge on any atom is -0.455 e. The summed E-state index contributed by atoms with van der Waals surface area (Å²) >= 11 is 0. The molecule has 9 aromatic rings. The maximum atomic E-state index is 6.78. The minimum absolute atomic E-state index is 0.625. The van der Waals surface area contributed by atoms with Crippen molar-refractivity contribution in [1.82, 2.24) is 15.0 Å². The number of nitrogens with zero attached hydrogens (tertiary/aromatic N) is 3. The Kier molecular flexibility index (Phi) is 6.28. The Bertz CT molecular complexity index is 2840. The van der Waals surface area contributed by atoms with Crippen molar-refractivity contribution in [3.05, 3.63) is 158 Å². The van der Waals surface area contributed by atoms with Crippen molar-refractivity contribution in [2.75, 3.05) is 0 Å². The molecule has 49 heavy (non-hydrogen) atoms. The molecule has 1 aliphatic rings. The minimum atomic E-state index is 0.625. The zero-order chi connectivity index (χ0) is 32.3. The summed E-state index contributed by atoms with van der Waals surface area (Å²) in [5.74, 6) is 1.95. The van der Waals surface area contributed by atoms with Gasteiger partial charge in [-0.1, -0.05) is 121 Å². The van der Waals surface area contributed by atoms with Crippen LogP contribution in [-0.4, -0.2) is 15.0 Å². The number of aromatic nitrogens is 3. The van der Waals surface area contributed by atoms with Crippen LogP contribution < -0.4 is 0 Å². The summed E-state index contributed by atoms with van der Waals surface area (Å²) < 4.78 is 6.78. The van der Waals surface area contributed by atoms with E-state index in [-0.39, 0.29) is 0 Å². The van der Waals surface area contributed by atoms with Crippen LogP contribution in [-0.2, 0) is 0 Å². The molecular weight excluding hydrogens is 599 g/mol. The summed E-state index contributed by atoms with van der Waals surface area (Å²) in [6.45, 7) is 0. The molecule has 4 nitrogen and oxygen atoms in total. The van der Waals surface area contributed by atoms with E-state index in [4.69, 9.17) is 19.4 Å². The Morgan fingerprint density at radius 2 is 1.16 bits per heavy atom. The third-order valence-corrected chi connectivity index (χ3v) is 9.72. The van der Waals surface area contributed by atoms with Gasteiger partial charge in [0.05, 0.1) is 0 Å². The van der Waals surface area contributed by atoms with Crippen LogP contribution in [0, 0.1) is 0 Å². The Balaban J connectivity index is 1.26. The van der Waals surface area contributed by atoms with Gasteiger partial charge in [0, 0.05) is 33.0 Å². The van der Waals surface area contributed by atoms with Crippen molar-refractivity contribution in [2.24, 2.45) is 0 Å². The van der Waals surface area contributed by atoms with E-state index in [0.717, 1.165) is 68.0 Å². The Morgan fingerprint density at radius 1 is 0.469 bits per heavy atom. The average Bonchev–Trinajstić information content (AvgIpc) is 3.57. The molecule has 230 valence electrons. The summed E-state index contributed by atoms with van der Waals surface area (Å²) in [4.78, 5) is 15.4. The van der Waals surface area contributed by atoms with Crippen LogP contribution in [0.1, 0.15) is 18.7 Å². The van der Waals surface area contributed by atoms with Gasteiger partial charge < -0.3 is 4.42 Å². The number of furan rings is 1. The van der Waals surface area contributed by atoms with E-state index in [2.05, 4.69) is 140 Å². The van der Waals surface area contributed by atoms with Crippen molar-refractivity contribution < 1.29 is 4.42 Å². The van der Waals surface area contributed by atoms with E-state index in [1.165, 1.54) is 26.9 Å². The number of fused-ring (bicyclic) bond motifs is 7. The molecule has 7 aromatic carbocycles. The van der Waals surface area contributed by atoms with Crippen molar-refractivity contribution in [3.8, 4) is 33.9 Å². The van der Waals surface area contributed by atoms with Crippen molar-refractivity contribution in [2.45, 2.75) is 12.8 Å². The van der Waals surface area contributed by atoms with Crippen molar-refractivity contribution >= 4 is 59.8 Å². The molecule has 0 bridgehead atoms. The molecule has 0 radical (unpaired) electrons. The highest BCUT2D eigenvalue weighted by molar-refractivity contribution is 6.20. The molecule has 0 N–H and O–H groups in total. The lowest BCUT2D eigenvalue weighted by atomic mass is 9.91. The number of hydrogen-bond acceptors (Lipinski definition) is 4. The molecule has 0 aliphatic heterocycles. The fraction of sp³-hybridized carbons (Fsp3) is 0.0444. The summed E-state index contributed by atoms with van der Waals surface area (Å²) in [7, 11) is 0. The van der Waals surface area contributed by atoms with E-state index in [9.17, 15) is 0 Å². The maximum absolute atomic E-state index is 6.78. The second-order valence-electron chi connectivity index (χ2n) is 12.7. The number of hydrogen-bond donors (Lipinski definition) is 0. The van der Waals surface area contributed by atoms with Crippen LogP contribution in [0.25, 0.3) is 93.7 Å². The lowest BCUT2D eigenvalue weighted by Gasteiger charge is -2.14. The fourth-order valence-electron chi connectivity index (χ4n) is 7.37. The quantitative estimate of drug-likeness (QED) is 0.182. The Morgan fingerprint density at radius 3 is 2.02 bits per heavy atom. The molecule has 0 unspecified atom stereocenters. The molecule has 0 saturated carbocycles. The first kappa shape index (κ1) is 27.7. The van der Waals surface area contributed by atoms with Crippen LogP contribution in [0.3, 0.4) is 0 Å². The van der Waals surface area contributed by atoms with Gasteiger partial charge in [-0.15, -0.1) is 0 Å². The molecule has 0 spiro atoms. The smallest absolute Gasteiger partial charge is 0.164 e. The SMILES string of the molecule is C1=CC(c2nc(-c3ccc4ccccc4c3)nc(-c3ccc(-c4cc5ccccc5c5ccccc45)c4oc5ccccc5c34)n2)=CCC1. The first-order chi connectivity index (χ1) is 24.3. The number of para-hydroxylation sites is 1. The summed E-state index contributed by atoms with van der Waals surface area (Å²) in [5, 5.41) is 9.21. The zero-order valence-corrected chi connectivity index (χ0v) is 26.6. The first-order valence-electron chi connectivity index (χ1n) is 16.8. The predicted octanol–water partition coefficient (Wildman–Crippen LogP) is 12.0. The normalized spacial score (nSPS) is 13.2. The van der Waals surface area contributed by atoms with E-state index in [1.54, 1.807) is 0 Å². The Labute approximate surface area is 282 Å². The summed E-state index contributed by atoms with van der Waals surface area (Å²) in [5.41, 5.74) is 6.72. The number of allylic oxidation sites excluding steroid dienone is 4. The summed E-state index contributed by atoms with van der Waals surface area (Å²) in [6.07, 6.45) is 8.53. The fourth-order valence-corrected chi connectivity index (χ4v) is 7.37. The van der Waals surface area contributed by atoms with Gasteiger partial charge in [0.15, 0.2) is 17.5 Å². The third-order valence-electron chi connectivity index (χ3n) is 9.72. The van der Waals surface area contributed by atoms with Gasteiger partial charge in [0.25, 0.3) is 0 Å². The topological polar surface area (TPSA) is 51.8 Å². The molecule has 0 fully saturated rings. The predicted molar refractivity (Wildman–Crippen MR) is 202 cm³/mol. The number of rotatable bonds is 4. The monoisotopic (exact) mass is 627 g/mol. The van der Waals surface area contributed by atoms with Gasteiger partial charge in [0.2, 0.25) is 0 Å². The van der Waals surface area contributed by atoms with E-state index < -0.39 is 0 Å². The first-order valence-corrected chi connectivity index (χ1v) is 16.8. The van der Waals surface area contributed by atoms with Crippen LogP contribution >= 0.6 is 0 Å². The molecule has 2 aromatic heterocycles. The van der Waals surface area contributed by atoms with Crippen LogP contribution in [0.5, 0.6) is 0 Å². The standard InChI is InChI=1S/C45H29N3O/c1-2-13-29(14-3-1)43-46-44(32-23-22-28-12-4-5-15-30(28)26-32)48-45(47-43)38-25-24-36(42-41(38)37-20-10-11-21-40(37)49-42)39-27-31-16-6-7-17-33(31)34-18-8-9-19-35(34)39/h2,4-27H,1,3H2. The molecule has 0 saturated heterocycles. The molecular formula is C45H29N3O. The molecule has 10 rings (SSSR count). The second-order valence-corrected chi connectivity index (χ2v) is 12.7. The highest BCUT2D eigenvalue weighted by atomic mass is 16.3. The van der Waals surface area contributed by atoms with Crippen molar-refractivity contribution in [1.29, 1.82) is 0 Å². The molecule has 0 atom stereocenters. The van der Waals surface area contributed by atoms with E-state index in [1.807, 2.05) is 12.1 Å². The lowest BCUT2D eigenvalue weighted by Crippen LogP contribution is -2.03. The lowest BCUT2D eigenvalue weighted by molar-refractivity contribution is 0.670. The highest BCUT2D eigenvalue weighted by Crippen LogP contribution is 2.44. The van der Waals surface area contributed by atoms with Gasteiger partial charge in [-0.25, -0.2) is 15.0 Å². The van der Waals surface area contributed by atoms with E-state index >= 15 is 0 Å². The molecule has 0 amide bonds.